The summed E-state index contributed by atoms with van der Waals surface area (Å²) in [6.45, 7) is 2.82. The van der Waals surface area contributed by atoms with Crippen molar-refractivity contribution in [2.24, 2.45) is 0 Å². The molecular weight excluding hydrogens is 631 g/mol. The highest BCUT2D eigenvalue weighted by atomic mass is 32.1. The predicted octanol–water partition coefficient (Wildman–Crippen LogP) is 7.49. The first-order chi connectivity index (χ1) is 22.5. The van der Waals surface area contributed by atoms with E-state index in [1.54, 1.807) is 40.6 Å². The van der Waals surface area contributed by atoms with Gasteiger partial charge < -0.3 is 19.0 Å². The molecule has 0 bridgehead atoms. The molecule has 0 saturated carbocycles. The number of aromatic nitrogens is 1. The van der Waals surface area contributed by atoms with Gasteiger partial charge in [-0.25, -0.2) is 4.98 Å². The number of rotatable bonds is 6. The first kappa shape index (κ1) is 32.0. The minimum absolute atomic E-state index is 0.0441. The van der Waals surface area contributed by atoms with Gasteiger partial charge >= 0.3 is 6.36 Å². The molecule has 1 saturated heterocycles. The fourth-order valence-corrected chi connectivity index (χ4v) is 6.83. The number of halogens is 3. The Bertz CT molecular complexity index is 1980. The second-order valence-electron chi connectivity index (χ2n) is 11.3. The number of piperidine rings is 1. The molecule has 0 unspecified atom stereocenters. The quantitative estimate of drug-likeness (QED) is 0.213. The van der Waals surface area contributed by atoms with Crippen molar-refractivity contribution in [1.29, 1.82) is 0 Å². The summed E-state index contributed by atoms with van der Waals surface area (Å²) >= 11 is 1.37. The van der Waals surface area contributed by atoms with Crippen LogP contribution >= 0.6 is 11.3 Å². The number of ether oxygens (including phenoxy) is 1. The number of benzene rings is 2. The van der Waals surface area contributed by atoms with E-state index in [0.29, 0.717) is 60.0 Å². The van der Waals surface area contributed by atoms with Crippen LogP contribution in [-0.2, 0) is 4.79 Å². The summed E-state index contributed by atoms with van der Waals surface area (Å²) in [6, 6.07) is 12.4. The fraction of sp³-hybridized carbons (Fsp3) is 0.257. The summed E-state index contributed by atoms with van der Waals surface area (Å²) < 4.78 is 47.6. The third-order valence-electron chi connectivity index (χ3n) is 8.32. The van der Waals surface area contributed by atoms with E-state index in [0.717, 1.165) is 10.6 Å². The number of carbonyl (C=O) groups excluding carboxylic acids is 2. The van der Waals surface area contributed by atoms with Crippen LogP contribution in [0.4, 0.5) is 18.9 Å². The smallest absolute Gasteiger partial charge is 0.462 e. The van der Waals surface area contributed by atoms with Crippen LogP contribution in [0.3, 0.4) is 0 Å². The van der Waals surface area contributed by atoms with Crippen molar-refractivity contribution in [3.8, 4) is 5.75 Å². The molecule has 4 aromatic rings. The topological polar surface area (TPSA) is 93.0 Å². The molecule has 242 valence electrons. The second kappa shape index (κ2) is 13.0. The Kier molecular flexibility index (Phi) is 8.87. The molecule has 2 aromatic carbocycles. The van der Waals surface area contributed by atoms with Gasteiger partial charge in [-0.15, -0.1) is 24.5 Å². The van der Waals surface area contributed by atoms with E-state index in [1.165, 1.54) is 53.8 Å². The molecule has 1 aliphatic carbocycles. The molecule has 2 aliphatic rings. The van der Waals surface area contributed by atoms with Crippen LogP contribution in [0, 0.1) is 0 Å². The third kappa shape index (κ3) is 6.78. The number of amides is 2. The Morgan fingerprint density at radius 1 is 1.09 bits per heavy atom. The molecular formula is C35H30F3N3O5S. The van der Waals surface area contributed by atoms with Crippen LogP contribution in [0.2, 0.25) is 0 Å². The van der Waals surface area contributed by atoms with Crippen molar-refractivity contribution in [2.45, 2.75) is 38.5 Å². The number of allylic oxidation sites excluding steroid dienone is 4. The van der Waals surface area contributed by atoms with E-state index in [4.69, 9.17) is 4.42 Å². The standard InChI is InChI=1S/C35H30F3N3O5S/c1-21-7-3-4-9-26(30(21)22-11-13-24(14-12-22)46-35(36,37)38)33(43)41-17-15-23(16-18-41)32-39-27(20-47-32)34(44)40(2)28-19-45-29-10-6-5-8-25(29)31(28)42/h4-14,19-20,23H,3,15-18H2,1-2H3. The molecule has 2 aromatic heterocycles. The zero-order valence-corrected chi connectivity index (χ0v) is 26.4. The van der Waals surface area contributed by atoms with Gasteiger partial charge in [0.25, 0.3) is 11.8 Å². The predicted molar refractivity (Wildman–Crippen MR) is 173 cm³/mol. The molecule has 0 atom stereocenters. The highest BCUT2D eigenvalue weighted by molar-refractivity contribution is 7.10. The molecule has 0 spiro atoms. The van der Waals surface area contributed by atoms with Gasteiger partial charge in [0, 0.05) is 37.0 Å². The van der Waals surface area contributed by atoms with E-state index in [9.17, 15) is 27.6 Å². The molecule has 1 fully saturated rings. The van der Waals surface area contributed by atoms with Crippen LogP contribution in [0.15, 0.2) is 98.8 Å². The van der Waals surface area contributed by atoms with Crippen molar-refractivity contribution >= 4 is 45.4 Å². The minimum Gasteiger partial charge on any atom is -0.462 e. The highest BCUT2D eigenvalue weighted by Gasteiger charge is 2.32. The number of anilines is 1. The summed E-state index contributed by atoms with van der Waals surface area (Å²) in [6.07, 6.45) is 4.04. The van der Waals surface area contributed by atoms with Crippen LogP contribution in [-0.4, -0.2) is 48.2 Å². The lowest BCUT2D eigenvalue weighted by Gasteiger charge is -2.32. The largest absolute Gasteiger partial charge is 0.573 e. The van der Waals surface area contributed by atoms with Gasteiger partial charge in [0.15, 0.2) is 0 Å². The molecule has 2 amide bonds. The van der Waals surface area contributed by atoms with E-state index in [1.807, 2.05) is 19.1 Å². The monoisotopic (exact) mass is 661 g/mol. The Morgan fingerprint density at radius 3 is 2.53 bits per heavy atom. The van der Waals surface area contributed by atoms with E-state index < -0.39 is 12.3 Å². The molecule has 1 aliphatic heterocycles. The fourth-order valence-electron chi connectivity index (χ4n) is 5.87. The van der Waals surface area contributed by atoms with Gasteiger partial charge in [-0.05, 0) is 67.2 Å². The van der Waals surface area contributed by atoms with Crippen molar-refractivity contribution in [1.82, 2.24) is 9.88 Å². The van der Waals surface area contributed by atoms with Gasteiger partial charge in [0.05, 0.1) is 10.4 Å². The van der Waals surface area contributed by atoms with Gasteiger partial charge in [-0.3, -0.25) is 14.4 Å². The van der Waals surface area contributed by atoms with Gasteiger partial charge in [-0.1, -0.05) is 42.5 Å². The Hall–Kier alpha value is -4.97. The highest BCUT2D eigenvalue weighted by Crippen LogP contribution is 2.35. The number of carbonyl (C=O) groups is 2. The number of likely N-dealkylation sites (tertiary alicyclic amines) is 1. The number of para-hydroxylation sites is 1. The average molecular weight is 662 g/mol. The molecule has 47 heavy (non-hydrogen) atoms. The molecule has 8 nitrogen and oxygen atoms in total. The lowest BCUT2D eigenvalue weighted by Crippen LogP contribution is -2.38. The SMILES string of the molecule is CC1=CCC=CC(C(=O)N2CCC(c3nc(C(=O)N(C)c4coc5ccccc5c4=O)cs3)CC2)=C1c1ccc(OC(F)(F)F)cc1. The second-order valence-corrected chi connectivity index (χ2v) is 12.2. The summed E-state index contributed by atoms with van der Waals surface area (Å²) in [5, 5.41) is 2.85. The Morgan fingerprint density at radius 2 is 1.81 bits per heavy atom. The van der Waals surface area contributed by atoms with Crippen LogP contribution in [0.25, 0.3) is 16.5 Å². The molecule has 0 N–H and O–H groups in total. The number of hydrogen-bond acceptors (Lipinski definition) is 7. The van der Waals surface area contributed by atoms with Gasteiger partial charge in [-0.2, -0.15) is 0 Å². The first-order valence-electron chi connectivity index (χ1n) is 15.0. The zero-order valence-electron chi connectivity index (χ0n) is 25.5. The summed E-state index contributed by atoms with van der Waals surface area (Å²) in [5.41, 5.74) is 3.08. The maximum atomic E-state index is 13.9. The van der Waals surface area contributed by atoms with Crippen molar-refractivity contribution in [3.05, 3.63) is 116 Å². The first-order valence-corrected chi connectivity index (χ1v) is 15.9. The Balaban J connectivity index is 1.15. The number of hydrogen-bond donors (Lipinski definition) is 0. The molecule has 0 radical (unpaired) electrons. The minimum atomic E-state index is -4.79. The molecule has 3 heterocycles. The van der Waals surface area contributed by atoms with E-state index in [2.05, 4.69) is 9.72 Å². The summed E-state index contributed by atoms with van der Waals surface area (Å²) in [4.78, 5) is 47.8. The third-order valence-corrected chi connectivity index (χ3v) is 9.32. The van der Waals surface area contributed by atoms with E-state index in [-0.39, 0.29) is 34.4 Å². The summed E-state index contributed by atoms with van der Waals surface area (Å²) in [5.74, 6) is -0.877. The van der Waals surface area contributed by atoms with Crippen molar-refractivity contribution in [2.75, 3.05) is 25.0 Å². The maximum absolute atomic E-state index is 13.9. The number of nitrogens with zero attached hydrogens (tertiary/aromatic N) is 3. The zero-order chi connectivity index (χ0) is 33.3. The summed E-state index contributed by atoms with van der Waals surface area (Å²) in [7, 11) is 1.51. The van der Waals surface area contributed by atoms with Crippen molar-refractivity contribution < 1.29 is 31.9 Å². The van der Waals surface area contributed by atoms with Crippen LogP contribution in [0.1, 0.15) is 53.2 Å². The number of thiazole rings is 1. The van der Waals surface area contributed by atoms with Crippen LogP contribution in [0.5, 0.6) is 5.75 Å². The molecule has 6 rings (SSSR count). The normalized spacial score (nSPS) is 15.9. The molecule has 12 heteroatoms. The number of alkyl halides is 3. The lowest BCUT2D eigenvalue weighted by atomic mass is 9.92. The Labute approximate surface area is 272 Å². The van der Waals surface area contributed by atoms with Gasteiger partial charge in [0.1, 0.15) is 29.0 Å². The average Bonchev–Trinajstić information content (AvgIpc) is 3.48. The van der Waals surface area contributed by atoms with Gasteiger partial charge in [0.2, 0.25) is 5.43 Å². The van der Waals surface area contributed by atoms with E-state index >= 15 is 0 Å². The number of fused-ring (bicyclic) bond motifs is 1. The van der Waals surface area contributed by atoms with Crippen LogP contribution < -0.4 is 15.1 Å². The lowest BCUT2D eigenvalue weighted by molar-refractivity contribution is -0.274. The maximum Gasteiger partial charge on any atom is 0.573 e. The van der Waals surface area contributed by atoms with Crippen molar-refractivity contribution in [3.63, 3.8) is 0 Å².